The highest BCUT2D eigenvalue weighted by atomic mass is 35.5. The molecule has 0 saturated carbocycles. The van der Waals surface area contributed by atoms with E-state index >= 15 is 0 Å². The van der Waals surface area contributed by atoms with Crippen molar-refractivity contribution in [3.05, 3.63) is 40.1 Å². The van der Waals surface area contributed by atoms with Crippen LogP contribution in [0.4, 0.5) is 5.82 Å². The first-order valence-electron chi connectivity index (χ1n) is 6.85. The van der Waals surface area contributed by atoms with Crippen molar-refractivity contribution in [3.63, 3.8) is 0 Å². The van der Waals surface area contributed by atoms with E-state index in [0.29, 0.717) is 21.7 Å². The Hall–Kier alpha value is -1.52. The molecule has 0 bridgehead atoms. The van der Waals surface area contributed by atoms with Crippen LogP contribution < -0.4 is 10.1 Å². The van der Waals surface area contributed by atoms with Crippen LogP contribution in [0, 0.1) is 0 Å². The first-order valence-corrected chi connectivity index (χ1v) is 7.61. The van der Waals surface area contributed by atoms with E-state index in [4.69, 9.17) is 27.9 Å². The number of aromatic nitrogens is 2. The van der Waals surface area contributed by atoms with Gasteiger partial charge < -0.3 is 10.1 Å². The van der Waals surface area contributed by atoms with Crippen molar-refractivity contribution in [2.24, 2.45) is 0 Å². The summed E-state index contributed by atoms with van der Waals surface area (Å²) in [5, 5.41) is 4.27. The van der Waals surface area contributed by atoms with E-state index in [2.05, 4.69) is 22.2 Å². The van der Waals surface area contributed by atoms with E-state index in [9.17, 15) is 0 Å². The zero-order valence-corrected chi connectivity index (χ0v) is 13.5. The van der Waals surface area contributed by atoms with Gasteiger partial charge in [0, 0.05) is 16.6 Å². The van der Waals surface area contributed by atoms with E-state index in [1.54, 1.807) is 18.2 Å². The Labute approximate surface area is 134 Å². The smallest absolute Gasteiger partial charge is 0.227 e. The maximum atomic E-state index is 5.99. The Bertz CT molecular complexity index is 600. The summed E-state index contributed by atoms with van der Waals surface area (Å²) in [5.41, 5.74) is 0.956. The number of anilines is 1. The topological polar surface area (TPSA) is 47.0 Å². The molecular weight excluding hydrogens is 309 g/mol. The van der Waals surface area contributed by atoms with Crippen LogP contribution in [0.25, 0.3) is 0 Å². The molecular formula is C15H17Cl2N3O. The lowest BCUT2D eigenvalue weighted by molar-refractivity contribution is 0.454. The van der Waals surface area contributed by atoms with Crippen molar-refractivity contribution in [1.82, 2.24) is 9.97 Å². The fourth-order valence-corrected chi connectivity index (χ4v) is 2.48. The molecule has 1 heterocycles. The van der Waals surface area contributed by atoms with Crippen molar-refractivity contribution >= 4 is 29.0 Å². The molecule has 0 amide bonds. The molecule has 1 N–H and O–H groups in total. The van der Waals surface area contributed by atoms with Gasteiger partial charge in [0.15, 0.2) is 0 Å². The second kappa shape index (κ2) is 7.48. The van der Waals surface area contributed by atoms with Gasteiger partial charge in [-0.2, -0.15) is 0 Å². The van der Waals surface area contributed by atoms with Crippen LogP contribution >= 0.6 is 23.2 Å². The number of benzene rings is 1. The summed E-state index contributed by atoms with van der Waals surface area (Å²) in [6.45, 7) is 4.91. The van der Waals surface area contributed by atoms with Gasteiger partial charge in [-0.25, -0.2) is 9.97 Å². The lowest BCUT2D eigenvalue weighted by Gasteiger charge is -2.13. The normalized spacial score (nSPS) is 10.5. The predicted octanol–water partition coefficient (Wildman–Crippen LogP) is 4.96. The lowest BCUT2D eigenvalue weighted by Crippen LogP contribution is -2.06. The molecule has 1 aromatic carbocycles. The fourth-order valence-electron chi connectivity index (χ4n) is 1.98. The van der Waals surface area contributed by atoms with Gasteiger partial charge in [0.05, 0.1) is 5.56 Å². The summed E-state index contributed by atoms with van der Waals surface area (Å²) < 4.78 is 5.85. The van der Waals surface area contributed by atoms with Gasteiger partial charge in [0.25, 0.3) is 0 Å². The number of nitrogens with zero attached hydrogens (tertiary/aromatic N) is 2. The van der Waals surface area contributed by atoms with Gasteiger partial charge in [-0.3, -0.25) is 0 Å². The standard InChI is InChI=1S/C15H17Cl2N3O/c1-3-5-13-14(18-4-2)19-9-20-15(13)21-12-7-10(16)6-11(17)8-12/h6-9H,3-5H2,1-2H3,(H,18,19,20). The quantitative estimate of drug-likeness (QED) is 0.815. The summed E-state index contributed by atoms with van der Waals surface area (Å²) in [4.78, 5) is 8.51. The average molecular weight is 326 g/mol. The molecule has 6 heteroatoms. The molecule has 112 valence electrons. The second-order valence-corrected chi connectivity index (χ2v) is 5.37. The van der Waals surface area contributed by atoms with Crippen LogP contribution in [0.15, 0.2) is 24.5 Å². The highest BCUT2D eigenvalue weighted by Gasteiger charge is 2.13. The number of ether oxygens (including phenoxy) is 1. The monoisotopic (exact) mass is 325 g/mol. The Morgan fingerprint density at radius 1 is 1.10 bits per heavy atom. The third-order valence-corrected chi connectivity index (χ3v) is 3.24. The third-order valence-electron chi connectivity index (χ3n) is 2.80. The van der Waals surface area contributed by atoms with Gasteiger partial charge in [0.1, 0.15) is 17.9 Å². The molecule has 21 heavy (non-hydrogen) atoms. The lowest BCUT2D eigenvalue weighted by atomic mass is 10.1. The molecule has 4 nitrogen and oxygen atoms in total. The molecule has 0 unspecified atom stereocenters. The molecule has 2 aromatic rings. The predicted molar refractivity (Wildman–Crippen MR) is 86.7 cm³/mol. The average Bonchev–Trinajstić information content (AvgIpc) is 2.41. The van der Waals surface area contributed by atoms with E-state index < -0.39 is 0 Å². The van der Waals surface area contributed by atoms with Crippen molar-refractivity contribution in [2.45, 2.75) is 26.7 Å². The molecule has 0 spiro atoms. The number of rotatable bonds is 6. The SMILES string of the molecule is CCCc1c(NCC)ncnc1Oc1cc(Cl)cc(Cl)c1. The molecule has 0 aliphatic heterocycles. The zero-order chi connectivity index (χ0) is 15.2. The Morgan fingerprint density at radius 2 is 1.81 bits per heavy atom. The third kappa shape index (κ3) is 4.22. The maximum absolute atomic E-state index is 5.99. The molecule has 0 saturated heterocycles. The molecule has 0 atom stereocenters. The Kier molecular flexibility index (Phi) is 5.65. The fraction of sp³-hybridized carbons (Fsp3) is 0.333. The number of hydrogen-bond donors (Lipinski definition) is 1. The van der Waals surface area contributed by atoms with Crippen LogP contribution in [-0.2, 0) is 6.42 Å². The van der Waals surface area contributed by atoms with Crippen LogP contribution in [-0.4, -0.2) is 16.5 Å². The van der Waals surface area contributed by atoms with Crippen LogP contribution in [0.5, 0.6) is 11.6 Å². The van der Waals surface area contributed by atoms with Crippen LogP contribution in [0.1, 0.15) is 25.8 Å². The first kappa shape index (κ1) is 15.9. The highest BCUT2D eigenvalue weighted by Crippen LogP contribution is 2.31. The molecule has 0 aliphatic carbocycles. The summed E-state index contributed by atoms with van der Waals surface area (Å²) in [6.07, 6.45) is 3.28. The Balaban J connectivity index is 2.35. The zero-order valence-electron chi connectivity index (χ0n) is 12.0. The molecule has 0 fully saturated rings. The number of nitrogens with one attached hydrogen (secondary N) is 1. The van der Waals surface area contributed by atoms with Gasteiger partial charge in [-0.1, -0.05) is 36.5 Å². The van der Waals surface area contributed by atoms with E-state index in [0.717, 1.165) is 30.8 Å². The van der Waals surface area contributed by atoms with E-state index in [1.807, 2.05) is 6.92 Å². The minimum absolute atomic E-state index is 0.524. The van der Waals surface area contributed by atoms with Gasteiger partial charge in [0.2, 0.25) is 5.88 Å². The number of halogens is 2. The Morgan fingerprint density at radius 3 is 2.43 bits per heavy atom. The molecule has 0 aliphatic rings. The van der Waals surface area contributed by atoms with Gasteiger partial charge in [-0.05, 0) is 31.5 Å². The maximum Gasteiger partial charge on any atom is 0.227 e. The van der Waals surface area contributed by atoms with E-state index in [1.165, 1.54) is 6.33 Å². The molecule has 0 radical (unpaired) electrons. The largest absolute Gasteiger partial charge is 0.438 e. The van der Waals surface area contributed by atoms with E-state index in [-0.39, 0.29) is 0 Å². The van der Waals surface area contributed by atoms with Crippen molar-refractivity contribution in [1.29, 1.82) is 0 Å². The van der Waals surface area contributed by atoms with Gasteiger partial charge in [-0.15, -0.1) is 0 Å². The summed E-state index contributed by atoms with van der Waals surface area (Å²) in [6, 6.07) is 5.07. The minimum Gasteiger partial charge on any atom is -0.438 e. The van der Waals surface area contributed by atoms with Crippen molar-refractivity contribution in [3.8, 4) is 11.6 Å². The second-order valence-electron chi connectivity index (χ2n) is 4.49. The summed E-state index contributed by atoms with van der Waals surface area (Å²) in [5.74, 6) is 1.89. The van der Waals surface area contributed by atoms with Crippen molar-refractivity contribution in [2.75, 3.05) is 11.9 Å². The van der Waals surface area contributed by atoms with Crippen LogP contribution in [0.3, 0.4) is 0 Å². The summed E-state index contributed by atoms with van der Waals surface area (Å²) in [7, 11) is 0. The minimum atomic E-state index is 0.524. The van der Waals surface area contributed by atoms with Gasteiger partial charge >= 0.3 is 0 Å². The summed E-state index contributed by atoms with van der Waals surface area (Å²) >= 11 is 12.0. The van der Waals surface area contributed by atoms with Crippen molar-refractivity contribution < 1.29 is 4.74 Å². The molecule has 1 aromatic heterocycles. The molecule has 2 rings (SSSR count). The first-order chi connectivity index (χ1) is 10.1. The number of hydrogen-bond acceptors (Lipinski definition) is 4. The van der Waals surface area contributed by atoms with Crippen LogP contribution in [0.2, 0.25) is 10.0 Å². The highest BCUT2D eigenvalue weighted by molar-refractivity contribution is 6.34.